The highest BCUT2D eigenvalue weighted by molar-refractivity contribution is 5.94. The SMILES string of the molecule is CC(C)(O)C#Cc1ccc(C(=O)NCc2cc3ccc(F)cc3[nH]c2=O)cc1. The lowest BCUT2D eigenvalue weighted by Gasteiger charge is -2.07. The number of halogens is 1. The van der Waals surface area contributed by atoms with Crippen LogP contribution in [-0.4, -0.2) is 21.6 Å². The van der Waals surface area contributed by atoms with Crippen LogP contribution in [0.25, 0.3) is 10.9 Å². The minimum absolute atomic E-state index is 0.0434. The van der Waals surface area contributed by atoms with Crippen LogP contribution in [0.3, 0.4) is 0 Å². The van der Waals surface area contributed by atoms with E-state index in [1.165, 1.54) is 12.1 Å². The summed E-state index contributed by atoms with van der Waals surface area (Å²) in [5.41, 5.74) is 0.415. The number of rotatable bonds is 3. The highest BCUT2D eigenvalue weighted by atomic mass is 19.1. The van der Waals surface area contributed by atoms with Gasteiger partial charge in [-0.3, -0.25) is 9.59 Å². The molecule has 2 aromatic carbocycles. The fourth-order valence-corrected chi connectivity index (χ4v) is 2.56. The van der Waals surface area contributed by atoms with E-state index < -0.39 is 11.4 Å². The number of nitrogens with one attached hydrogen (secondary N) is 2. The second-order valence-electron chi connectivity index (χ2n) is 6.92. The predicted octanol–water partition coefficient (Wildman–Crippen LogP) is 2.72. The van der Waals surface area contributed by atoms with E-state index in [9.17, 15) is 19.1 Å². The maximum absolute atomic E-state index is 13.2. The van der Waals surface area contributed by atoms with Crippen molar-refractivity contribution < 1.29 is 14.3 Å². The van der Waals surface area contributed by atoms with Gasteiger partial charge < -0.3 is 15.4 Å². The molecule has 1 amide bonds. The number of aromatic nitrogens is 1. The quantitative estimate of drug-likeness (QED) is 0.613. The van der Waals surface area contributed by atoms with Crippen LogP contribution in [0, 0.1) is 17.7 Å². The molecule has 3 rings (SSSR count). The van der Waals surface area contributed by atoms with Crippen LogP contribution in [0.5, 0.6) is 0 Å². The van der Waals surface area contributed by atoms with Gasteiger partial charge in [-0.2, -0.15) is 0 Å². The summed E-state index contributed by atoms with van der Waals surface area (Å²) in [4.78, 5) is 27.1. The fraction of sp³-hybridized carbons (Fsp3) is 0.182. The summed E-state index contributed by atoms with van der Waals surface area (Å²) in [6.07, 6.45) is 0. The molecule has 0 radical (unpaired) electrons. The number of H-pyrrole nitrogens is 1. The zero-order valence-corrected chi connectivity index (χ0v) is 15.5. The van der Waals surface area contributed by atoms with E-state index in [-0.39, 0.29) is 18.0 Å². The number of aliphatic hydroxyl groups is 1. The van der Waals surface area contributed by atoms with E-state index in [2.05, 4.69) is 22.1 Å². The molecular weight excluding hydrogens is 359 g/mol. The average molecular weight is 378 g/mol. The van der Waals surface area contributed by atoms with E-state index >= 15 is 0 Å². The third-order valence-corrected chi connectivity index (χ3v) is 3.98. The van der Waals surface area contributed by atoms with Gasteiger partial charge in [-0.1, -0.05) is 11.8 Å². The third kappa shape index (κ3) is 4.84. The number of benzene rings is 2. The highest BCUT2D eigenvalue weighted by Gasteiger charge is 2.09. The summed E-state index contributed by atoms with van der Waals surface area (Å²) < 4.78 is 13.2. The van der Waals surface area contributed by atoms with Crippen LogP contribution in [0.4, 0.5) is 4.39 Å². The van der Waals surface area contributed by atoms with E-state index in [1.807, 2.05) is 0 Å². The minimum Gasteiger partial charge on any atom is -0.378 e. The van der Waals surface area contributed by atoms with Gasteiger partial charge in [0.2, 0.25) is 0 Å². The number of fused-ring (bicyclic) bond motifs is 1. The first-order chi connectivity index (χ1) is 13.2. The van der Waals surface area contributed by atoms with Gasteiger partial charge in [0, 0.05) is 23.2 Å². The van der Waals surface area contributed by atoms with Crippen molar-refractivity contribution in [3.8, 4) is 11.8 Å². The van der Waals surface area contributed by atoms with Crippen molar-refractivity contribution in [2.24, 2.45) is 0 Å². The molecule has 1 aromatic heterocycles. The number of hydrogen-bond donors (Lipinski definition) is 3. The monoisotopic (exact) mass is 378 g/mol. The Morgan fingerprint density at radius 2 is 1.89 bits per heavy atom. The number of carbonyl (C=O) groups is 1. The number of hydrogen-bond acceptors (Lipinski definition) is 3. The van der Waals surface area contributed by atoms with Crippen molar-refractivity contribution in [1.29, 1.82) is 0 Å². The first kappa shape index (κ1) is 19.3. The van der Waals surface area contributed by atoms with Gasteiger partial charge in [0.15, 0.2) is 0 Å². The molecule has 0 fully saturated rings. The number of pyridine rings is 1. The van der Waals surface area contributed by atoms with Gasteiger partial charge in [-0.25, -0.2) is 4.39 Å². The minimum atomic E-state index is -1.09. The van der Waals surface area contributed by atoms with Gasteiger partial charge in [0.05, 0.1) is 5.52 Å². The smallest absolute Gasteiger partial charge is 0.253 e. The van der Waals surface area contributed by atoms with E-state index in [1.54, 1.807) is 50.2 Å². The Labute approximate surface area is 161 Å². The Hall–Kier alpha value is -3.43. The summed E-state index contributed by atoms with van der Waals surface area (Å²) in [5.74, 6) is 4.77. The van der Waals surface area contributed by atoms with Crippen LogP contribution in [0.2, 0.25) is 0 Å². The van der Waals surface area contributed by atoms with Crippen LogP contribution < -0.4 is 10.9 Å². The Morgan fingerprint density at radius 1 is 1.18 bits per heavy atom. The highest BCUT2D eigenvalue weighted by Crippen LogP contribution is 2.13. The zero-order valence-electron chi connectivity index (χ0n) is 15.5. The summed E-state index contributed by atoms with van der Waals surface area (Å²) in [7, 11) is 0. The van der Waals surface area contributed by atoms with Crippen LogP contribution >= 0.6 is 0 Å². The predicted molar refractivity (Wildman–Crippen MR) is 105 cm³/mol. The number of carbonyl (C=O) groups excluding carboxylic acids is 1. The van der Waals surface area contributed by atoms with Gasteiger partial charge in [0.25, 0.3) is 11.5 Å². The maximum Gasteiger partial charge on any atom is 0.253 e. The Bertz CT molecular complexity index is 1150. The molecule has 0 aliphatic rings. The topological polar surface area (TPSA) is 82.2 Å². The van der Waals surface area contributed by atoms with E-state index in [4.69, 9.17) is 0 Å². The lowest BCUT2D eigenvalue weighted by atomic mass is 10.1. The lowest BCUT2D eigenvalue weighted by molar-refractivity contribution is 0.0950. The molecule has 0 saturated heterocycles. The maximum atomic E-state index is 13.2. The van der Waals surface area contributed by atoms with Gasteiger partial charge >= 0.3 is 0 Å². The summed E-state index contributed by atoms with van der Waals surface area (Å²) in [5, 5.41) is 13.0. The molecule has 6 heteroatoms. The van der Waals surface area contributed by atoms with Crippen molar-refractivity contribution in [3.05, 3.63) is 81.4 Å². The van der Waals surface area contributed by atoms with Crippen molar-refractivity contribution >= 4 is 16.8 Å². The molecule has 0 saturated carbocycles. The molecule has 0 bridgehead atoms. The molecule has 0 aliphatic carbocycles. The Kier molecular flexibility index (Phi) is 5.30. The first-order valence-electron chi connectivity index (χ1n) is 8.66. The summed E-state index contributed by atoms with van der Waals surface area (Å²) in [6, 6.07) is 12.4. The second-order valence-corrected chi connectivity index (χ2v) is 6.92. The Morgan fingerprint density at radius 3 is 2.57 bits per heavy atom. The van der Waals surface area contributed by atoms with Crippen molar-refractivity contribution in [3.63, 3.8) is 0 Å². The lowest BCUT2D eigenvalue weighted by Crippen LogP contribution is -2.26. The van der Waals surface area contributed by atoms with Gasteiger partial charge in [-0.15, -0.1) is 0 Å². The number of amides is 1. The first-order valence-corrected chi connectivity index (χ1v) is 8.66. The largest absolute Gasteiger partial charge is 0.378 e. The zero-order chi connectivity index (χ0) is 20.3. The molecule has 5 nitrogen and oxygen atoms in total. The molecule has 3 aromatic rings. The Balaban J connectivity index is 1.71. The van der Waals surface area contributed by atoms with Crippen LogP contribution in [0.1, 0.15) is 35.3 Å². The average Bonchev–Trinajstić information content (AvgIpc) is 2.64. The fourth-order valence-electron chi connectivity index (χ4n) is 2.56. The molecule has 0 spiro atoms. The number of aromatic amines is 1. The normalized spacial score (nSPS) is 11.0. The molecule has 0 unspecified atom stereocenters. The summed E-state index contributed by atoms with van der Waals surface area (Å²) in [6.45, 7) is 3.22. The van der Waals surface area contributed by atoms with Crippen molar-refractivity contribution in [2.45, 2.75) is 26.0 Å². The summed E-state index contributed by atoms with van der Waals surface area (Å²) >= 11 is 0. The standard InChI is InChI=1S/C22H19FN2O3/c1-22(2,28)10-9-14-3-5-15(6-4-14)20(26)24-13-17-11-16-7-8-18(23)12-19(16)25-21(17)27/h3-8,11-12,28H,13H2,1-2H3,(H,24,26)(H,25,27). The molecule has 28 heavy (non-hydrogen) atoms. The second kappa shape index (κ2) is 7.67. The van der Waals surface area contributed by atoms with Crippen LogP contribution in [0.15, 0.2) is 53.3 Å². The van der Waals surface area contributed by atoms with Crippen LogP contribution in [-0.2, 0) is 6.54 Å². The van der Waals surface area contributed by atoms with Crippen molar-refractivity contribution in [2.75, 3.05) is 0 Å². The molecular formula is C22H19FN2O3. The van der Waals surface area contributed by atoms with E-state index in [0.29, 0.717) is 27.6 Å². The molecule has 142 valence electrons. The molecule has 0 aliphatic heterocycles. The van der Waals surface area contributed by atoms with Gasteiger partial charge in [0.1, 0.15) is 11.4 Å². The van der Waals surface area contributed by atoms with Gasteiger partial charge in [-0.05, 0) is 67.8 Å². The molecule has 3 N–H and O–H groups in total. The molecule has 1 heterocycles. The van der Waals surface area contributed by atoms with E-state index in [0.717, 1.165) is 0 Å². The third-order valence-electron chi connectivity index (χ3n) is 3.98. The molecule has 0 atom stereocenters. The van der Waals surface area contributed by atoms with Crippen molar-refractivity contribution in [1.82, 2.24) is 10.3 Å².